The lowest BCUT2D eigenvalue weighted by atomic mass is 9.98. The highest BCUT2D eigenvalue weighted by Crippen LogP contribution is 2.44. The van der Waals surface area contributed by atoms with E-state index in [1.54, 1.807) is 24.3 Å². The molecule has 0 aromatic heterocycles. The summed E-state index contributed by atoms with van der Waals surface area (Å²) in [4.78, 5) is 35.2. The van der Waals surface area contributed by atoms with Gasteiger partial charge < -0.3 is 20.9 Å². The number of ether oxygens (including phenoxy) is 1. The number of benzene rings is 3. The van der Waals surface area contributed by atoms with Gasteiger partial charge in [-0.25, -0.2) is 9.59 Å². The van der Waals surface area contributed by atoms with Crippen LogP contribution in [0.25, 0.3) is 11.1 Å². The minimum Gasteiger partial charge on any atom is -0.480 e. The summed E-state index contributed by atoms with van der Waals surface area (Å²) in [7, 11) is 0. The summed E-state index contributed by atoms with van der Waals surface area (Å²) in [6, 6.07) is 21.5. The lowest BCUT2D eigenvalue weighted by Crippen LogP contribution is -2.41. The first-order valence-electron chi connectivity index (χ1n) is 10.7. The second-order valence-electron chi connectivity index (χ2n) is 7.96. The molecule has 3 aromatic carbocycles. The van der Waals surface area contributed by atoms with E-state index in [-0.39, 0.29) is 18.9 Å². The fraction of sp³-hybridized carbons (Fsp3) is 0.192. The molecule has 1 aliphatic rings. The second-order valence-corrected chi connectivity index (χ2v) is 7.96. The van der Waals surface area contributed by atoms with Crippen LogP contribution in [-0.4, -0.2) is 35.7 Å². The number of amides is 2. The fourth-order valence-corrected chi connectivity index (χ4v) is 4.19. The molecule has 0 bridgehead atoms. The average Bonchev–Trinajstić information content (AvgIpc) is 3.14. The van der Waals surface area contributed by atoms with Gasteiger partial charge in [-0.05, 0) is 52.8 Å². The summed E-state index contributed by atoms with van der Waals surface area (Å²) in [6.07, 6.45) is -0.192. The van der Waals surface area contributed by atoms with Crippen molar-refractivity contribution in [2.45, 2.75) is 24.8 Å². The lowest BCUT2D eigenvalue weighted by molar-refractivity contribution is -0.139. The largest absolute Gasteiger partial charge is 0.480 e. The van der Waals surface area contributed by atoms with Gasteiger partial charge in [0, 0.05) is 11.5 Å². The molecular weight excluding hydrogens is 420 g/mol. The third kappa shape index (κ3) is 4.87. The maximum absolute atomic E-state index is 12.4. The van der Waals surface area contributed by atoms with Crippen molar-refractivity contribution in [3.63, 3.8) is 0 Å². The van der Waals surface area contributed by atoms with Crippen molar-refractivity contribution >= 4 is 18.0 Å². The number of aryl methyl sites for hydroxylation is 1. The average molecular weight is 444 g/mol. The van der Waals surface area contributed by atoms with E-state index in [4.69, 9.17) is 10.5 Å². The first-order chi connectivity index (χ1) is 15.9. The summed E-state index contributed by atoms with van der Waals surface area (Å²) in [5.41, 5.74) is 10.8. The van der Waals surface area contributed by atoms with Gasteiger partial charge in [0.05, 0.1) is 0 Å². The van der Waals surface area contributed by atoms with Gasteiger partial charge in [0.1, 0.15) is 12.6 Å². The van der Waals surface area contributed by atoms with Gasteiger partial charge in [-0.2, -0.15) is 0 Å². The fourth-order valence-electron chi connectivity index (χ4n) is 4.19. The molecule has 7 heteroatoms. The molecule has 1 atom stereocenters. The van der Waals surface area contributed by atoms with E-state index < -0.39 is 24.0 Å². The number of primary amides is 1. The molecule has 7 nitrogen and oxygen atoms in total. The van der Waals surface area contributed by atoms with Crippen LogP contribution >= 0.6 is 0 Å². The Labute approximate surface area is 191 Å². The third-order valence-corrected chi connectivity index (χ3v) is 5.89. The number of nitrogens with two attached hydrogens (primary N) is 1. The van der Waals surface area contributed by atoms with Crippen molar-refractivity contribution in [2.24, 2.45) is 5.73 Å². The number of carboxylic acid groups (broad SMARTS) is 1. The van der Waals surface area contributed by atoms with E-state index in [0.29, 0.717) is 12.0 Å². The van der Waals surface area contributed by atoms with E-state index in [0.717, 1.165) is 27.8 Å². The van der Waals surface area contributed by atoms with Crippen molar-refractivity contribution in [3.8, 4) is 11.1 Å². The zero-order valence-corrected chi connectivity index (χ0v) is 17.9. The van der Waals surface area contributed by atoms with Crippen molar-refractivity contribution in [1.82, 2.24) is 5.32 Å². The van der Waals surface area contributed by atoms with Crippen LogP contribution in [-0.2, 0) is 16.0 Å². The molecule has 3 aromatic rings. The Morgan fingerprint density at radius 3 is 2.03 bits per heavy atom. The standard InChI is InChI=1S/C26H24N2O5/c27-24(29)17-12-9-16(10-13-17)11-14-23(25(30)31)28-26(32)33-15-22-20-7-3-1-5-18(20)19-6-2-4-8-21(19)22/h1-10,12-13,22-23H,11,14-15H2,(H2,27,29)(H,28,32)(H,30,31)/t23-/m0/s1. The van der Waals surface area contributed by atoms with Crippen molar-refractivity contribution in [2.75, 3.05) is 6.61 Å². The predicted octanol–water partition coefficient (Wildman–Crippen LogP) is 3.71. The number of hydrogen-bond donors (Lipinski definition) is 3. The van der Waals surface area contributed by atoms with Gasteiger partial charge in [-0.15, -0.1) is 0 Å². The maximum Gasteiger partial charge on any atom is 0.407 e. The SMILES string of the molecule is NC(=O)c1ccc(CC[C@H](NC(=O)OCC2c3ccccc3-c3ccccc32)C(=O)O)cc1. The quantitative estimate of drug-likeness (QED) is 0.489. The van der Waals surface area contributed by atoms with Crippen molar-refractivity contribution < 1.29 is 24.2 Å². The normalized spacial score (nSPS) is 13.0. The van der Waals surface area contributed by atoms with Crippen LogP contribution in [0.1, 0.15) is 39.4 Å². The number of carbonyl (C=O) groups excluding carboxylic acids is 2. The van der Waals surface area contributed by atoms with Crippen LogP contribution in [0.3, 0.4) is 0 Å². The molecule has 0 radical (unpaired) electrons. The van der Waals surface area contributed by atoms with E-state index in [9.17, 15) is 19.5 Å². The van der Waals surface area contributed by atoms with Crippen LogP contribution in [0.15, 0.2) is 72.8 Å². The van der Waals surface area contributed by atoms with Crippen LogP contribution < -0.4 is 11.1 Å². The van der Waals surface area contributed by atoms with Crippen LogP contribution in [0.2, 0.25) is 0 Å². The summed E-state index contributed by atoms with van der Waals surface area (Å²) in [5.74, 6) is -1.77. The predicted molar refractivity (Wildman–Crippen MR) is 123 cm³/mol. The monoisotopic (exact) mass is 444 g/mol. The zero-order valence-electron chi connectivity index (χ0n) is 17.9. The Morgan fingerprint density at radius 2 is 1.48 bits per heavy atom. The van der Waals surface area contributed by atoms with E-state index in [1.165, 1.54) is 0 Å². The number of carboxylic acids is 1. The highest BCUT2D eigenvalue weighted by Gasteiger charge is 2.29. The van der Waals surface area contributed by atoms with Gasteiger partial charge in [-0.1, -0.05) is 60.7 Å². The Kier molecular flexibility index (Phi) is 6.40. The molecule has 0 fully saturated rings. The van der Waals surface area contributed by atoms with Crippen molar-refractivity contribution in [1.29, 1.82) is 0 Å². The number of carbonyl (C=O) groups is 3. The Bertz CT molecular complexity index is 1140. The maximum atomic E-state index is 12.4. The van der Waals surface area contributed by atoms with Gasteiger partial charge >= 0.3 is 12.1 Å². The number of nitrogens with one attached hydrogen (secondary N) is 1. The molecule has 4 rings (SSSR count). The zero-order chi connectivity index (χ0) is 23.4. The Hall–Kier alpha value is -4.13. The van der Waals surface area contributed by atoms with E-state index >= 15 is 0 Å². The van der Waals surface area contributed by atoms with E-state index in [2.05, 4.69) is 5.32 Å². The molecule has 0 unspecified atom stereocenters. The minimum atomic E-state index is -1.14. The number of aliphatic carboxylic acids is 1. The molecular formula is C26H24N2O5. The molecule has 0 saturated heterocycles. The van der Waals surface area contributed by atoms with E-state index in [1.807, 2.05) is 48.5 Å². The number of hydrogen-bond acceptors (Lipinski definition) is 4. The summed E-state index contributed by atoms with van der Waals surface area (Å²) >= 11 is 0. The molecule has 4 N–H and O–H groups in total. The highest BCUT2D eigenvalue weighted by molar-refractivity contribution is 5.92. The topological polar surface area (TPSA) is 119 Å². The second kappa shape index (κ2) is 9.56. The Balaban J connectivity index is 1.36. The summed E-state index contributed by atoms with van der Waals surface area (Å²) in [5, 5.41) is 12.0. The summed E-state index contributed by atoms with van der Waals surface area (Å²) in [6.45, 7) is 0.112. The van der Waals surface area contributed by atoms with Crippen LogP contribution in [0.5, 0.6) is 0 Å². The molecule has 0 aliphatic heterocycles. The molecule has 0 spiro atoms. The first kappa shape index (κ1) is 22.1. The molecule has 2 amide bonds. The smallest absolute Gasteiger partial charge is 0.407 e. The van der Waals surface area contributed by atoms with Gasteiger partial charge in [0.25, 0.3) is 0 Å². The van der Waals surface area contributed by atoms with Gasteiger partial charge in [0.2, 0.25) is 5.91 Å². The first-order valence-corrected chi connectivity index (χ1v) is 10.7. The molecule has 0 saturated carbocycles. The minimum absolute atomic E-state index is 0.102. The van der Waals surface area contributed by atoms with Crippen molar-refractivity contribution in [3.05, 3.63) is 95.1 Å². The molecule has 1 aliphatic carbocycles. The molecule has 0 heterocycles. The van der Waals surface area contributed by atoms with Gasteiger partial charge in [-0.3, -0.25) is 4.79 Å². The number of fused-ring (bicyclic) bond motifs is 3. The van der Waals surface area contributed by atoms with Crippen LogP contribution in [0, 0.1) is 0 Å². The van der Waals surface area contributed by atoms with Gasteiger partial charge in [0.15, 0.2) is 0 Å². The number of rotatable bonds is 8. The number of alkyl carbamates (subject to hydrolysis) is 1. The van der Waals surface area contributed by atoms with Crippen LogP contribution in [0.4, 0.5) is 4.79 Å². The Morgan fingerprint density at radius 1 is 0.909 bits per heavy atom. The highest BCUT2D eigenvalue weighted by atomic mass is 16.5. The third-order valence-electron chi connectivity index (χ3n) is 5.89. The summed E-state index contributed by atoms with van der Waals surface area (Å²) < 4.78 is 5.45. The lowest BCUT2D eigenvalue weighted by Gasteiger charge is -2.17. The molecule has 168 valence electrons. The molecule has 33 heavy (non-hydrogen) atoms.